The first-order valence-corrected chi connectivity index (χ1v) is 6.64. The third-order valence-electron chi connectivity index (χ3n) is 3.16. The maximum atomic E-state index is 12.6. The zero-order valence-corrected chi connectivity index (χ0v) is 12.2. The van der Waals surface area contributed by atoms with E-state index in [0.717, 1.165) is 0 Å². The van der Waals surface area contributed by atoms with Gasteiger partial charge in [-0.2, -0.15) is 4.90 Å². The summed E-state index contributed by atoms with van der Waals surface area (Å²) < 4.78 is 8.71. The Bertz CT molecular complexity index is 703. The summed E-state index contributed by atoms with van der Waals surface area (Å²) in [6.45, 7) is 0.160. The Balaban J connectivity index is 2.25. The van der Waals surface area contributed by atoms with E-state index in [1.165, 1.54) is 18.1 Å². The number of carbonyl (C=O) groups is 2. The van der Waals surface area contributed by atoms with Gasteiger partial charge in [0.05, 0.1) is 36.5 Å². The van der Waals surface area contributed by atoms with Gasteiger partial charge in [-0.15, -0.1) is 0 Å². The van der Waals surface area contributed by atoms with E-state index in [2.05, 4.69) is 9.40 Å². The fourth-order valence-corrected chi connectivity index (χ4v) is 1.94. The minimum atomic E-state index is -0.402. The Hall–Kier alpha value is -3.05. The lowest BCUT2D eigenvalue weighted by molar-refractivity contribution is -0.140. The van der Waals surface area contributed by atoms with E-state index in [4.69, 9.17) is 11.5 Å². The fraction of sp³-hybridized carbons (Fsp3) is 0.200. The molecule has 1 aliphatic heterocycles. The summed E-state index contributed by atoms with van der Waals surface area (Å²) in [5.41, 5.74) is 12.5. The molecule has 7 nitrogen and oxygen atoms in total. The number of allylic oxidation sites excluding steroid dienone is 1. The predicted octanol–water partition coefficient (Wildman–Crippen LogP) is -0.0374. The van der Waals surface area contributed by atoms with Crippen molar-refractivity contribution in [2.24, 2.45) is 0 Å². The van der Waals surface area contributed by atoms with Crippen LogP contribution in [0.4, 0.5) is 11.4 Å². The zero-order chi connectivity index (χ0) is 16.1. The van der Waals surface area contributed by atoms with Crippen LogP contribution in [0.3, 0.4) is 0 Å². The molecule has 1 heterocycles. The van der Waals surface area contributed by atoms with Crippen molar-refractivity contribution in [1.82, 2.24) is 9.57 Å². The Labute approximate surface area is 127 Å². The van der Waals surface area contributed by atoms with Crippen LogP contribution in [0.5, 0.6) is 0 Å². The fourth-order valence-electron chi connectivity index (χ4n) is 1.94. The number of hydrogen-bond donors (Lipinski definition) is 2. The van der Waals surface area contributed by atoms with E-state index in [-0.39, 0.29) is 18.9 Å². The average Bonchev–Trinajstić information content (AvgIpc) is 3.03. The van der Waals surface area contributed by atoms with Crippen LogP contribution in [0.2, 0.25) is 0 Å². The molecule has 114 valence electrons. The summed E-state index contributed by atoms with van der Waals surface area (Å²) in [4.78, 5) is 25.4. The van der Waals surface area contributed by atoms with Gasteiger partial charge < -0.3 is 16.2 Å². The van der Waals surface area contributed by atoms with Gasteiger partial charge in [-0.05, 0) is 18.2 Å². The van der Waals surface area contributed by atoms with Gasteiger partial charge in [0.1, 0.15) is 6.54 Å². The number of amides is 1. The number of benzene rings is 1. The van der Waals surface area contributed by atoms with E-state index in [1.807, 2.05) is 0 Å². The molecule has 1 amide bonds. The Morgan fingerprint density at radius 1 is 1.27 bits per heavy atom. The van der Waals surface area contributed by atoms with Gasteiger partial charge in [0.2, 0.25) is 0 Å². The standard InChI is InChI=1S/C15H16N4O3/c1-22-14(20)6-8-19(13-3-2-7-18-13)15(21)10-4-5-11(16)12(17)9-10/h2-5,7,9,16-18H,6,8H2,1H3/p+1. The molecule has 0 atom stereocenters. The van der Waals surface area contributed by atoms with Crippen LogP contribution in [0, 0.1) is 0 Å². The van der Waals surface area contributed by atoms with Crippen molar-refractivity contribution in [1.29, 1.82) is 0 Å². The van der Waals surface area contributed by atoms with E-state index in [0.29, 0.717) is 22.8 Å². The van der Waals surface area contributed by atoms with Crippen molar-refractivity contribution in [2.45, 2.75) is 6.42 Å². The summed E-state index contributed by atoms with van der Waals surface area (Å²) in [6, 6.07) is 4.66. The number of esters is 1. The number of hydrogen-bond acceptors (Lipinski definition) is 5. The zero-order valence-electron chi connectivity index (χ0n) is 12.2. The second-order valence-electron chi connectivity index (χ2n) is 4.62. The van der Waals surface area contributed by atoms with Gasteiger partial charge in [0.25, 0.3) is 0 Å². The molecule has 0 aromatic heterocycles. The Morgan fingerprint density at radius 3 is 2.64 bits per heavy atom. The van der Waals surface area contributed by atoms with E-state index < -0.39 is 5.97 Å². The molecule has 0 radical (unpaired) electrons. The highest BCUT2D eigenvalue weighted by Gasteiger charge is 2.30. The molecule has 0 spiro atoms. The van der Waals surface area contributed by atoms with E-state index >= 15 is 0 Å². The predicted molar refractivity (Wildman–Crippen MR) is 85.3 cm³/mol. The summed E-state index contributed by atoms with van der Waals surface area (Å²) in [5, 5.41) is 0. The van der Waals surface area contributed by atoms with Gasteiger partial charge in [-0.3, -0.25) is 4.79 Å². The number of nitrogens with two attached hydrogens (primary N) is 2. The number of nitrogens with zero attached hydrogens (tertiary/aromatic N) is 2. The summed E-state index contributed by atoms with van der Waals surface area (Å²) >= 11 is 0. The van der Waals surface area contributed by atoms with Gasteiger partial charge in [-0.1, -0.05) is 0 Å². The van der Waals surface area contributed by atoms with Crippen molar-refractivity contribution in [3.8, 4) is 0 Å². The number of carbonyl (C=O) groups excluding carboxylic acids is 2. The largest absolute Gasteiger partial charge is 0.469 e. The summed E-state index contributed by atoms with van der Waals surface area (Å²) in [5.74, 6) is -0.250. The highest BCUT2D eigenvalue weighted by atomic mass is 16.5. The summed E-state index contributed by atoms with van der Waals surface area (Å²) in [6.07, 6.45) is 5.05. The molecule has 0 aliphatic carbocycles. The number of methoxy groups -OCH3 is 1. The van der Waals surface area contributed by atoms with Crippen LogP contribution >= 0.6 is 0 Å². The van der Waals surface area contributed by atoms with Crippen molar-refractivity contribution in [3.05, 3.63) is 35.9 Å². The van der Waals surface area contributed by atoms with Crippen LogP contribution in [0.15, 0.2) is 30.4 Å². The molecular weight excluding hydrogens is 284 g/mol. The molecule has 4 N–H and O–H groups in total. The number of amidine groups is 1. The molecule has 0 saturated heterocycles. The quantitative estimate of drug-likeness (QED) is 0.460. The molecular formula is C15H17N4O3+. The second-order valence-corrected chi connectivity index (χ2v) is 4.62. The van der Waals surface area contributed by atoms with Gasteiger partial charge >= 0.3 is 17.7 Å². The van der Waals surface area contributed by atoms with Crippen LogP contribution in [-0.4, -0.2) is 42.5 Å². The van der Waals surface area contributed by atoms with Crippen LogP contribution in [0.25, 0.3) is 0 Å². The number of anilines is 2. The highest BCUT2D eigenvalue weighted by Crippen LogP contribution is 2.18. The smallest absolute Gasteiger partial charge is 0.377 e. The average molecular weight is 301 g/mol. The number of nitrogen functional groups attached to an aromatic ring is 2. The molecule has 1 aromatic carbocycles. The molecule has 1 aromatic rings. The van der Waals surface area contributed by atoms with Gasteiger partial charge in [0.15, 0.2) is 6.21 Å². The van der Waals surface area contributed by atoms with Crippen molar-refractivity contribution < 1.29 is 14.3 Å². The van der Waals surface area contributed by atoms with E-state index in [9.17, 15) is 9.59 Å². The Kier molecular flexibility index (Phi) is 4.60. The lowest BCUT2D eigenvalue weighted by Crippen LogP contribution is -2.38. The van der Waals surface area contributed by atoms with Crippen LogP contribution in [-0.2, 0) is 9.53 Å². The summed E-state index contributed by atoms with van der Waals surface area (Å²) in [7, 11) is 1.30. The highest BCUT2D eigenvalue weighted by molar-refractivity contribution is 6.13. The molecule has 0 bridgehead atoms. The maximum Gasteiger partial charge on any atom is 0.377 e. The number of rotatable bonds is 4. The second kappa shape index (κ2) is 6.60. The molecule has 0 saturated carbocycles. The molecule has 0 unspecified atom stereocenters. The molecule has 1 aliphatic rings. The lowest BCUT2D eigenvalue weighted by Gasteiger charge is -2.12. The molecule has 22 heavy (non-hydrogen) atoms. The molecule has 0 fully saturated rings. The van der Waals surface area contributed by atoms with Crippen LogP contribution < -0.4 is 16.1 Å². The maximum absolute atomic E-state index is 12.6. The molecule has 2 rings (SSSR count). The Morgan fingerprint density at radius 2 is 2.05 bits per heavy atom. The van der Waals surface area contributed by atoms with Crippen molar-refractivity contribution >= 4 is 35.3 Å². The number of ether oxygens (including phenoxy) is 1. The minimum absolute atomic E-state index is 0.0690. The lowest BCUT2D eigenvalue weighted by atomic mass is 10.1. The first-order chi connectivity index (χ1) is 10.5. The SMILES string of the molecule is COC(=O)CCN(C(=O)c1ccc(N)c(N)c1)C1=[N+]=CC=C1. The third kappa shape index (κ3) is 3.34. The van der Waals surface area contributed by atoms with Crippen molar-refractivity contribution in [2.75, 3.05) is 25.1 Å². The van der Waals surface area contributed by atoms with E-state index in [1.54, 1.807) is 30.5 Å². The van der Waals surface area contributed by atoms with Crippen LogP contribution in [0.1, 0.15) is 16.8 Å². The third-order valence-corrected chi connectivity index (χ3v) is 3.16. The van der Waals surface area contributed by atoms with Gasteiger partial charge in [-0.25, -0.2) is 9.46 Å². The molecule has 7 heteroatoms. The minimum Gasteiger partial charge on any atom is -0.469 e. The van der Waals surface area contributed by atoms with Gasteiger partial charge in [0, 0.05) is 6.08 Å². The first-order valence-electron chi connectivity index (χ1n) is 6.64. The normalized spacial score (nSPS) is 12.1. The van der Waals surface area contributed by atoms with Crippen molar-refractivity contribution in [3.63, 3.8) is 0 Å². The first kappa shape index (κ1) is 15.3. The monoisotopic (exact) mass is 301 g/mol. The topological polar surface area (TPSA) is 113 Å².